The Morgan fingerprint density at radius 3 is 2.07 bits per heavy atom. The lowest BCUT2D eigenvalue weighted by Crippen LogP contribution is -2.34. The molecule has 0 saturated carbocycles. The lowest BCUT2D eigenvalue weighted by molar-refractivity contribution is 0.487. The molecule has 0 aliphatic rings. The second-order valence-corrected chi connectivity index (χ2v) is 4.54. The number of nitrogens with zero attached hydrogens (tertiary/aromatic N) is 1. The summed E-state index contributed by atoms with van der Waals surface area (Å²) < 4.78 is 0.866. The minimum Gasteiger partial charge on any atom is -0.298 e. The Balaban J connectivity index is 2.63. The van der Waals surface area contributed by atoms with E-state index in [1.165, 1.54) is 16.5 Å². The van der Waals surface area contributed by atoms with Gasteiger partial charge in [-0.1, -0.05) is 24.3 Å². The summed E-state index contributed by atoms with van der Waals surface area (Å²) in [5.41, 5.74) is 1.34. The quantitative estimate of drug-likeness (QED) is 0.599. The van der Waals surface area contributed by atoms with Crippen molar-refractivity contribution in [2.45, 2.75) is 0 Å². The van der Waals surface area contributed by atoms with Gasteiger partial charge in [0.2, 0.25) is 0 Å². The van der Waals surface area contributed by atoms with E-state index in [1.807, 2.05) is 0 Å². The van der Waals surface area contributed by atoms with Gasteiger partial charge >= 0.3 is 0 Å². The highest BCUT2D eigenvalue weighted by molar-refractivity contribution is 5.85. The molecule has 0 heterocycles. The van der Waals surface area contributed by atoms with Crippen molar-refractivity contribution >= 4 is 16.5 Å². The van der Waals surface area contributed by atoms with Crippen molar-refractivity contribution in [1.82, 2.24) is 4.48 Å². The lowest BCUT2D eigenvalue weighted by Gasteiger charge is -2.23. The minimum atomic E-state index is 0.866. The maximum absolute atomic E-state index is 2.26. The van der Waals surface area contributed by atoms with Gasteiger partial charge in [-0.25, -0.2) is 0 Å². The van der Waals surface area contributed by atoms with Crippen molar-refractivity contribution in [2.75, 3.05) is 21.1 Å². The number of rotatable bonds is 1. The van der Waals surface area contributed by atoms with Crippen molar-refractivity contribution in [2.24, 2.45) is 0 Å². The first-order chi connectivity index (χ1) is 6.57. The third kappa shape index (κ3) is 1.64. The van der Waals surface area contributed by atoms with E-state index >= 15 is 0 Å². The molecule has 2 aromatic carbocycles. The molecule has 0 aliphatic carbocycles. The summed E-state index contributed by atoms with van der Waals surface area (Å²) in [6.45, 7) is 0. The first-order valence-electron chi connectivity index (χ1n) is 4.88. The molecule has 1 nitrogen and oxygen atoms in total. The van der Waals surface area contributed by atoms with Crippen LogP contribution in [0, 0.1) is 0 Å². The van der Waals surface area contributed by atoms with E-state index < -0.39 is 0 Å². The van der Waals surface area contributed by atoms with Crippen LogP contribution in [-0.2, 0) is 0 Å². The van der Waals surface area contributed by atoms with Gasteiger partial charge in [-0.2, -0.15) is 0 Å². The molecule has 0 bridgehead atoms. The molecule has 0 saturated heterocycles. The van der Waals surface area contributed by atoms with Crippen LogP contribution in [0.5, 0.6) is 0 Å². The Bertz CT molecular complexity index is 452. The fourth-order valence-electron chi connectivity index (χ4n) is 1.59. The Hall–Kier alpha value is -1.34. The molecule has 1 heteroatoms. The monoisotopic (exact) mass is 185 g/mol. The predicted molar refractivity (Wildman–Crippen MR) is 63.5 cm³/mol. The highest BCUT2D eigenvalue weighted by Crippen LogP contribution is 2.23. The van der Waals surface area contributed by atoms with E-state index in [0.29, 0.717) is 0 Å². The summed E-state index contributed by atoms with van der Waals surface area (Å²) in [5.74, 6) is 0. The molecule has 0 fully saturated rings. The highest BCUT2D eigenvalue weighted by Gasteiger charge is 2.11. The molecule has 2 rings (SSSR count). The van der Waals surface area contributed by atoms with Gasteiger partial charge in [-0.05, 0) is 22.9 Å². The van der Waals surface area contributed by atoms with Crippen LogP contribution < -0.4 is 4.48 Å². The second-order valence-electron chi connectivity index (χ2n) is 4.54. The first-order valence-corrected chi connectivity index (χ1v) is 4.88. The minimum absolute atomic E-state index is 0.866. The van der Waals surface area contributed by atoms with Crippen molar-refractivity contribution in [3.05, 3.63) is 42.5 Å². The third-order valence-corrected chi connectivity index (χ3v) is 2.51. The van der Waals surface area contributed by atoms with E-state index in [1.54, 1.807) is 0 Å². The molecule has 0 spiro atoms. The summed E-state index contributed by atoms with van der Waals surface area (Å²) in [4.78, 5) is 0. The van der Waals surface area contributed by atoms with Gasteiger partial charge < -0.3 is 0 Å². The Morgan fingerprint density at radius 1 is 0.786 bits per heavy atom. The fraction of sp³-hybridized carbons (Fsp3) is 0.231. The summed E-state index contributed by atoms with van der Waals surface area (Å²) >= 11 is 0. The molecule has 0 aromatic heterocycles. The average Bonchev–Trinajstić information content (AvgIpc) is 2.16. The smallest absolute Gasteiger partial charge is 0.132 e. The Labute approximate surface area is 85.2 Å². The van der Waals surface area contributed by atoms with Gasteiger partial charge in [0.05, 0.1) is 21.1 Å². The maximum atomic E-state index is 2.26. The maximum Gasteiger partial charge on any atom is 0.132 e. The summed E-state index contributed by atoms with van der Waals surface area (Å²) in [6, 6.07) is 15.1. The molecule has 14 heavy (non-hydrogen) atoms. The second kappa shape index (κ2) is 3.10. The van der Waals surface area contributed by atoms with Crippen LogP contribution in [0.1, 0.15) is 0 Å². The van der Waals surface area contributed by atoms with Crippen molar-refractivity contribution in [1.29, 1.82) is 0 Å². The SMILES string of the molecule is C[N+](C)([11CH3])c1ccc2ccccc2c1. The van der Waals surface area contributed by atoms with Gasteiger partial charge in [0.15, 0.2) is 0 Å². The Kier molecular flexibility index (Phi) is 2.05. The molecule has 0 unspecified atom stereocenters. The topological polar surface area (TPSA) is 0 Å². The van der Waals surface area contributed by atoms with Crippen LogP contribution in [0.4, 0.5) is 5.69 Å². The van der Waals surface area contributed by atoms with E-state index in [9.17, 15) is 0 Å². The largest absolute Gasteiger partial charge is 0.298 e. The molecule has 0 aliphatic heterocycles. The summed E-state index contributed by atoms with van der Waals surface area (Å²) in [6.07, 6.45) is 0. The van der Waals surface area contributed by atoms with E-state index in [2.05, 4.69) is 63.6 Å². The number of hydrogen-bond acceptors (Lipinski definition) is 0. The van der Waals surface area contributed by atoms with Crippen molar-refractivity contribution < 1.29 is 0 Å². The van der Waals surface area contributed by atoms with E-state index in [4.69, 9.17) is 0 Å². The van der Waals surface area contributed by atoms with Crippen LogP contribution in [0.3, 0.4) is 0 Å². The zero-order valence-electron chi connectivity index (χ0n) is 8.99. The molecule has 0 atom stereocenters. The number of quaternary nitrogens is 1. The molecule has 0 N–H and O–H groups in total. The molecular formula is C13H16N+. The van der Waals surface area contributed by atoms with E-state index in [-0.39, 0.29) is 0 Å². The third-order valence-electron chi connectivity index (χ3n) is 2.51. The average molecular weight is 185 g/mol. The number of fused-ring (bicyclic) bond motifs is 1. The van der Waals surface area contributed by atoms with Crippen molar-refractivity contribution in [3.8, 4) is 0 Å². The summed E-state index contributed by atoms with van der Waals surface area (Å²) in [7, 11) is 6.55. The van der Waals surface area contributed by atoms with Crippen molar-refractivity contribution in [3.63, 3.8) is 0 Å². The standard InChI is InChI=1S/C13H16N/c1-14(2,3)13-9-8-11-6-4-5-7-12(11)10-13/h4-10H,1-3H3/q+1/i1-1. The van der Waals surface area contributed by atoms with Gasteiger partial charge in [0.25, 0.3) is 0 Å². The van der Waals surface area contributed by atoms with Crippen LogP contribution in [0.25, 0.3) is 10.8 Å². The normalized spacial score (nSPS) is 11.9. The van der Waals surface area contributed by atoms with Crippen LogP contribution in [0.2, 0.25) is 0 Å². The van der Waals surface area contributed by atoms with Crippen LogP contribution in [0.15, 0.2) is 42.5 Å². The number of benzene rings is 2. The predicted octanol–water partition coefficient (Wildman–Crippen LogP) is 3.04. The highest BCUT2D eigenvalue weighted by atomic mass is 15.2. The molecule has 0 amide bonds. The van der Waals surface area contributed by atoms with Gasteiger partial charge in [0.1, 0.15) is 5.69 Å². The molecular weight excluding hydrogens is 169 g/mol. The van der Waals surface area contributed by atoms with E-state index in [0.717, 1.165) is 4.48 Å². The summed E-state index contributed by atoms with van der Waals surface area (Å²) in [5, 5.41) is 2.63. The molecule has 2 aromatic rings. The van der Waals surface area contributed by atoms with Crippen LogP contribution in [-0.4, -0.2) is 21.1 Å². The van der Waals surface area contributed by atoms with Gasteiger partial charge in [0, 0.05) is 6.07 Å². The fourth-order valence-corrected chi connectivity index (χ4v) is 1.59. The van der Waals surface area contributed by atoms with Crippen LogP contribution >= 0.6 is 0 Å². The lowest BCUT2D eigenvalue weighted by atomic mass is 10.1. The van der Waals surface area contributed by atoms with Gasteiger partial charge in [-0.3, -0.25) is 4.48 Å². The number of hydrogen-bond donors (Lipinski definition) is 0. The first kappa shape index (κ1) is 9.22. The zero-order chi connectivity index (χ0) is 10.2. The Morgan fingerprint density at radius 2 is 1.43 bits per heavy atom. The molecule has 0 radical (unpaired) electrons. The van der Waals surface area contributed by atoms with Gasteiger partial charge in [-0.15, -0.1) is 0 Å². The zero-order valence-corrected chi connectivity index (χ0v) is 8.99. The molecule has 72 valence electrons.